The molecule has 0 aromatic heterocycles. The Bertz CT molecular complexity index is 407. The Morgan fingerprint density at radius 2 is 1.89 bits per heavy atom. The summed E-state index contributed by atoms with van der Waals surface area (Å²) in [7, 11) is 0. The van der Waals surface area contributed by atoms with Gasteiger partial charge in [0.2, 0.25) is 0 Å². The molecule has 1 aromatic carbocycles. The monoisotopic (exact) mass is 261 g/mol. The Labute approximate surface area is 115 Å². The van der Waals surface area contributed by atoms with E-state index in [0.717, 1.165) is 31.4 Å². The van der Waals surface area contributed by atoms with E-state index in [1.807, 2.05) is 6.07 Å². The molecule has 19 heavy (non-hydrogen) atoms. The van der Waals surface area contributed by atoms with Crippen LogP contribution in [0.1, 0.15) is 32.1 Å². The van der Waals surface area contributed by atoms with E-state index in [0.29, 0.717) is 0 Å². The molecule has 1 aliphatic carbocycles. The van der Waals surface area contributed by atoms with E-state index >= 15 is 0 Å². The van der Waals surface area contributed by atoms with Crippen LogP contribution in [0.4, 0.5) is 10.1 Å². The number of rotatable bonds is 2. The van der Waals surface area contributed by atoms with Crippen molar-refractivity contribution in [3.63, 3.8) is 0 Å². The maximum absolute atomic E-state index is 13.2. The maximum Gasteiger partial charge on any atom is 0.125 e. The highest BCUT2D eigenvalue weighted by Gasteiger charge is 2.25. The minimum absolute atomic E-state index is 0.152. The first kappa shape index (κ1) is 12.9. The minimum Gasteiger partial charge on any atom is -0.364 e. The fourth-order valence-electron chi connectivity index (χ4n) is 3.29. The van der Waals surface area contributed by atoms with Crippen molar-refractivity contribution in [2.45, 2.75) is 38.1 Å². The Kier molecular flexibility index (Phi) is 4.02. The number of anilines is 1. The Hall–Kier alpha value is -1.09. The molecule has 1 heterocycles. The summed E-state index contributed by atoms with van der Waals surface area (Å²) in [5, 5.41) is 0. The molecule has 0 unspecified atom stereocenters. The number of hydrogen-bond acceptors (Lipinski definition) is 2. The summed E-state index contributed by atoms with van der Waals surface area (Å²) in [5.41, 5.74) is 0.975. The van der Waals surface area contributed by atoms with E-state index in [1.54, 1.807) is 12.1 Å². The van der Waals surface area contributed by atoms with E-state index < -0.39 is 0 Å². The molecule has 103 valence electrons. The van der Waals surface area contributed by atoms with E-state index in [-0.39, 0.29) is 5.82 Å². The summed E-state index contributed by atoms with van der Waals surface area (Å²) < 4.78 is 13.2. The summed E-state index contributed by atoms with van der Waals surface area (Å²) in [4.78, 5) is 4.78. The van der Waals surface area contributed by atoms with E-state index in [1.165, 1.54) is 38.2 Å². The van der Waals surface area contributed by atoms with Crippen LogP contribution in [0.5, 0.6) is 0 Å². The molecule has 3 rings (SSSR count). The van der Waals surface area contributed by atoms with E-state index in [4.69, 9.17) is 0 Å². The SMILES string of the molecule is Fc1cccc(N2[CH]CN(C3CCCCC3)CC2)c1. The molecule has 0 spiro atoms. The van der Waals surface area contributed by atoms with Gasteiger partial charge in [0.1, 0.15) is 5.82 Å². The highest BCUT2D eigenvalue weighted by molar-refractivity contribution is 5.48. The predicted molar refractivity (Wildman–Crippen MR) is 76.5 cm³/mol. The Balaban J connectivity index is 1.57. The molecule has 1 saturated heterocycles. The van der Waals surface area contributed by atoms with Crippen LogP contribution < -0.4 is 4.90 Å². The molecule has 1 radical (unpaired) electrons. The van der Waals surface area contributed by atoms with Crippen molar-refractivity contribution in [2.75, 3.05) is 24.5 Å². The van der Waals surface area contributed by atoms with Gasteiger partial charge in [-0.25, -0.2) is 4.39 Å². The molecule has 1 aromatic rings. The van der Waals surface area contributed by atoms with Crippen molar-refractivity contribution >= 4 is 5.69 Å². The van der Waals surface area contributed by atoms with Crippen LogP contribution in [0.3, 0.4) is 0 Å². The molecule has 1 aliphatic heterocycles. The lowest BCUT2D eigenvalue weighted by Crippen LogP contribution is -2.48. The standard InChI is InChI=1S/C16H22FN2/c17-14-5-4-8-16(13-14)19-11-9-18(10-12-19)15-6-2-1-3-7-15/h4-5,8,11,13,15H,1-3,6-7,9-10,12H2. The fraction of sp³-hybridized carbons (Fsp3) is 0.562. The van der Waals surface area contributed by atoms with Crippen LogP contribution in [-0.2, 0) is 0 Å². The molecule has 2 fully saturated rings. The highest BCUT2D eigenvalue weighted by atomic mass is 19.1. The smallest absolute Gasteiger partial charge is 0.125 e. The molecule has 2 nitrogen and oxygen atoms in total. The lowest BCUT2D eigenvalue weighted by atomic mass is 9.94. The van der Waals surface area contributed by atoms with Crippen molar-refractivity contribution < 1.29 is 4.39 Å². The average Bonchev–Trinajstić information content (AvgIpc) is 2.48. The number of hydrogen-bond donors (Lipinski definition) is 0. The summed E-state index contributed by atoms with van der Waals surface area (Å²) in [5.74, 6) is -0.152. The summed E-state index contributed by atoms with van der Waals surface area (Å²) >= 11 is 0. The molecule has 0 atom stereocenters. The average molecular weight is 261 g/mol. The third kappa shape index (κ3) is 3.08. The summed E-state index contributed by atoms with van der Waals surface area (Å²) in [6.07, 6.45) is 6.88. The minimum atomic E-state index is -0.152. The van der Waals surface area contributed by atoms with Crippen LogP contribution >= 0.6 is 0 Å². The van der Waals surface area contributed by atoms with Gasteiger partial charge >= 0.3 is 0 Å². The zero-order valence-corrected chi connectivity index (χ0v) is 11.4. The lowest BCUT2D eigenvalue weighted by Gasteiger charge is -2.41. The molecule has 3 heteroatoms. The van der Waals surface area contributed by atoms with Gasteiger partial charge in [0, 0.05) is 31.4 Å². The summed E-state index contributed by atoms with van der Waals surface area (Å²) in [6.45, 7) is 5.28. The molecule has 1 saturated carbocycles. The lowest BCUT2D eigenvalue weighted by molar-refractivity contribution is 0.158. The van der Waals surface area contributed by atoms with Gasteiger partial charge in [-0.2, -0.15) is 0 Å². The van der Waals surface area contributed by atoms with Gasteiger partial charge in [-0.1, -0.05) is 25.3 Å². The van der Waals surface area contributed by atoms with Gasteiger partial charge in [-0.15, -0.1) is 0 Å². The van der Waals surface area contributed by atoms with Gasteiger partial charge in [-0.05, 0) is 31.0 Å². The first-order valence-electron chi connectivity index (χ1n) is 7.42. The van der Waals surface area contributed by atoms with Crippen LogP contribution in [0, 0.1) is 12.4 Å². The second-order valence-electron chi connectivity index (χ2n) is 5.64. The first-order valence-corrected chi connectivity index (χ1v) is 7.42. The van der Waals surface area contributed by atoms with Crippen LogP contribution in [0.2, 0.25) is 0 Å². The van der Waals surface area contributed by atoms with Crippen LogP contribution in [-0.4, -0.2) is 30.6 Å². The van der Waals surface area contributed by atoms with Gasteiger partial charge in [-0.3, -0.25) is 4.90 Å². The normalized spacial score (nSPS) is 22.7. The van der Waals surface area contributed by atoms with Crippen molar-refractivity contribution in [3.05, 3.63) is 36.6 Å². The Morgan fingerprint density at radius 1 is 1.05 bits per heavy atom. The third-order valence-corrected chi connectivity index (χ3v) is 4.40. The number of nitrogens with zero attached hydrogens (tertiary/aromatic N) is 2. The molecule has 0 bridgehead atoms. The molecular formula is C16H22FN2. The topological polar surface area (TPSA) is 6.48 Å². The number of benzene rings is 1. The van der Waals surface area contributed by atoms with Gasteiger partial charge in [0.05, 0.1) is 6.54 Å². The highest BCUT2D eigenvalue weighted by Crippen LogP contribution is 2.26. The third-order valence-electron chi connectivity index (χ3n) is 4.40. The predicted octanol–water partition coefficient (Wildman–Crippen LogP) is 3.44. The van der Waals surface area contributed by atoms with Crippen molar-refractivity contribution in [3.8, 4) is 0 Å². The zero-order valence-electron chi connectivity index (χ0n) is 11.4. The molecular weight excluding hydrogens is 239 g/mol. The Morgan fingerprint density at radius 3 is 2.58 bits per heavy atom. The molecule has 2 aliphatic rings. The zero-order chi connectivity index (χ0) is 13.1. The van der Waals surface area contributed by atoms with Gasteiger partial charge in [0.25, 0.3) is 0 Å². The number of piperazine rings is 1. The maximum atomic E-state index is 13.2. The van der Waals surface area contributed by atoms with Crippen molar-refractivity contribution in [2.24, 2.45) is 0 Å². The second kappa shape index (κ2) is 5.91. The largest absolute Gasteiger partial charge is 0.364 e. The van der Waals surface area contributed by atoms with Crippen LogP contribution in [0.25, 0.3) is 0 Å². The molecule has 0 amide bonds. The van der Waals surface area contributed by atoms with E-state index in [2.05, 4.69) is 16.3 Å². The fourth-order valence-corrected chi connectivity index (χ4v) is 3.29. The number of halogens is 1. The van der Waals surface area contributed by atoms with Crippen molar-refractivity contribution in [1.29, 1.82) is 0 Å². The van der Waals surface area contributed by atoms with Crippen molar-refractivity contribution in [1.82, 2.24) is 4.90 Å². The van der Waals surface area contributed by atoms with E-state index in [9.17, 15) is 4.39 Å². The second-order valence-corrected chi connectivity index (χ2v) is 5.64. The first-order chi connectivity index (χ1) is 9.33. The summed E-state index contributed by atoms with van der Waals surface area (Å²) in [6, 6.07) is 7.66. The van der Waals surface area contributed by atoms with Gasteiger partial charge in [0.15, 0.2) is 0 Å². The quantitative estimate of drug-likeness (QED) is 0.804. The molecule has 0 N–H and O–H groups in total. The van der Waals surface area contributed by atoms with Gasteiger partial charge < -0.3 is 4.90 Å². The van der Waals surface area contributed by atoms with Crippen LogP contribution in [0.15, 0.2) is 24.3 Å².